The van der Waals surface area contributed by atoms with Gasteiger partial charge in [0.05, 0.1) is 0 Å². The minimum absolute atomic E-state index is 0.133. The summed E-state index contributed by atoms with van der Waals surface area (Å²) in [6, 6.07) is 0. The fourth-order valence-electron chi connectivity index (χ4n) is 1.28. The summed E-state index contributed by atoms with van der Waals surface area (Å²) in [5.74, 6) is 0.421. The van der Waals surface area contributed by atoms with Crippen molar-refractivity contribution in [1.29, 1.82) is 0 Å². The summed E-state index contributed by atoms with van der Waals surface area (Å²) in [6.07, 6.45) is -0.230. The minimum Gasteiger partial charge on any atom is -0.444 e. The van der Waals surface area contributed by atoms with Gasteiger partial charge in [0.25, 0.3) is 0 Å². The molecule has 1 rings (SSSR count). The lowest BCUT2D eigenvalue weighted by atomic mass is 9.98. The molecule has 0 radical (unpaired) electrons. The molecule has 0 aromatic rings. The Balaban J connectivity index is 2.30. The molecule has 0 aromatic carbocycles. The van der Waals surface area contributed by atoms with E-state index in [2.05, 4.69) is 0 Å². The molecule has 1 amide bonds. The lowest BCUT2D eigenvalue weighted by molar-refractivity contribution is -0.000834. The van der Waals surface area contributed by atoms with Crippen LogP contribution >= 0.6 is 11.6 Å². The minimum atomic E-state index is -0.408. The van der Waals surface area contributed by atoms with Gasteiger partial charge in [-0.05, 0) is 27.7 Å². The van der Waals surface area contributed by atoms with Crippen LogP contribution in [0.3, 0.4) is 0 Å². The molecule has 1 heterocycles. The molecule has 1 aliphatic heterocycles. The summed E-state index contributed by atoms with van der Waals surface area (Å²) >= 11 is 5.90. The van der Waals surface area contributed by atoms with E-state index in [-0.39, 0.29) is 11.5 Å². The second kappa shape index (κ2) is 3.97. The second-order valence-corrected chi connectivity index (χ2v) is 5.51. The third kappa shape index (κ3) is 3.05. The van der Waals surface area contributed by atoms with Gasteiger partial charge in [-0.15, -0.1) is 11.6 Å². The van der Waals surface area contributed by atoms with Crippen LogP contribution in [-0.4, -0.2) is 35.1 Å². The van der Waals surface area contributed by atoms with E-state index in [0.29, 0.717) is 5.92 Å². The summed E-state index contributed by atoms with van der Waals surface area (Å²) in [6.45, 7) is 9.00. The van der Waals surface area contributed by atoms with Crippen LogP contribution in [0.2, 0.25) is 0 Å². The maximum Gasteiger partial charge on any atom is 0.410 e. The molecule has 1 fully saturated rings. The average Bonchev–Trinajstić information content (AvgIpc) is 1.75. The molecule has 3 nitrogen and oxygen atoms in total. The molecular weight excluding hydrogens is 202 g/mol. The molecule has 1 atom stereocenters. The van der Waals surface area contributed by atoms with Crippen LogP contribution in [0.15, 0.2) is 0 Å². The first-order valence-corrected chi connectivity index (χ1v) is 5.35. The van der Waals surface area contributed by atoms with Crippen molar-refractivity contribution < 1.29 is 9.53 Å². The highest BCUT2D eigenvalue weighted by molar-refractivity contribution is 6.20. The van der Waals surface area contributed by atoms with Crippen molar-refractivity contribution in [3.63, 3.8) is 0 Å². The van der Waals surface area contributed by atoms with E-state index in [9.17, 15) is 4.79 Å². The molecule has 0 unspecified atom stereocenters. The van der Waals surface area contributed by atoms with E-state index in [1.807, 2.05) is 27.7 Å². The zero-order chi connectivity index (χ0) is 10.9. The number of alkyl halides is 1. The summed E-state index contributed by atoms with van der Waals surface area (Å²) in [5, 5.41) is 0.133. The largest absolute Gasteiger partial charge is 0.444 e. The van der Waals surface area contributed by atoms with Gasteiger partial charge in [0, 0.05) is 24.4 Å². The number of carbonyl (C=O) groups is 1. The predicted molar refractivity (Wildman–Crippen MR) is 56.6 cm³/mol. The highest BCUT2D eigenvalue weighted by atomic mass is 35.5. The Bertz CT molecular complexity index is 217. The summed E-state index contributed by atoms with van der Waals surface area (Å²) in [7, 11) is 0. The van der Waals surface area contributed by atoms with Gasteiger partial charge in [-0.1, -0.05) is 0 Å². The van der Waals surface area contributed by atoms with Crippen LogP contribution in [0.5, 0.6) is 0 Å². The Morgan fingerprint density at radius 1 is 1.50 bits per heavy atom. The number of ether oxygens (including phenoxy) is 1. The van der Waals surface area contributed by atoms with E-state index in [1.54, 1.807) is 4.90 Å². The maximum absolute atomic E-state index is 11.5. The summed E-state index contributed by atoms with van der Waals surface area (Å²) in [4.78, 5) is 13.2. The Labute approximate surface area is 90.4 Å². The Hall–Kier alpha value is -0.440. The lowest BCUT2D eigenvalue weighted by Gasteiger charge is -2.41. The van der Waals surface area contributed by atoms with Crippen LogP contribution < -0.4 is 0 Å². The molecule has 0 bridgehead atoms. The molecular formula is C10H18ClNO2. The van der Waals surface area contributed by atoms with Crippen LogP contribution in [0.25, 0.3) is 0 Å². The van der Waals surface area contributed by atoms with Crippen molar-refractivity contribution in [2.75, 3.05) is 13.1 Å². The third-order valence-corrected chi connectivity index (χ3v) is 2.57. The molecule has 14 heavy (non-hydrogen) atoms. The number of rotatable bonds is 1. The first kappa shape index (κ1) is 11.6. The number of nitrogens with zero attached hydrogens (tertiary/aromatic N) is 1. The molecule has 0 spiro atoms. The van der Waals surface area contributed by atoms with Crippen LogP contribution in [-0.2, 0) is 4.74 Å². The quantitative estimate of drug-likeness (QED) is 0.635. The zero-order valence-corrected chi connectivity index (χ0v) is 9.97. The highest BCUT2D eigenvalue weighted by Gasteiger charge is 2.35. The van der Waals surface area contributed by atoms with Crippen LogP contribution in [0.1, 0.15) is 27.7 Å². The zero-order valence-electron chi connectivity index (χ0n) is 9.21. The molecule has 1 aliphatic rings. The fraction of sp³-hybridized carbons (Fsp3) is 0.900. The number of hydrogen-bond donors (Lipinski definition) is 0. The van der Waals surface area contributed by atoms with E-state index < -0.39 is 5.60 Å². The standard InChI is InChI=1S/C10H18ClNO2/c1-7(11)8-5-12(6-8)9(13)14-10(2,3)4/h7-8H,5-6H2,1-4H3/t7-/m1/s1. The highest BCUT2D eigenvalue weighted by Crippen LogP contribution is 2.24. The monoisotopic (exact) mass is 219 g/mol. The summed E-state index contributed by atoms with van der Waals surface area (Å²) < 4.78 is 5.21. The van der Waals surface area contributed by atoms with Crippen molar-refractivity contribution in [3.8, 4) is 0 Å². The molecule has 0 aromatic heterocycles. The molecule has 4 heteroatoms. The molecule has 1 saturated heterocycles. The van der Waals surface area contributed by atoms with Crippen molar-refractivity contribution in [2.45, 2.75) is 38.7 Å². The first-order chi connectivity index (χ1) is 6.29. The topological polar surface area (TPSA) is 29.5 Å². The average molecular weight is 220 g/mol. The lowest BCUT2D eigenvalue weighted by Crippen LogP contribution is -2.53. The second-order valence-electron chi connectivity index (χ2n) is 4.82. The Morgan fingerprint density at radius 2 is 2.00 bits per heavy atom. The smallest absolute Gasteiger partial charge is 0.410 e. The van der Waals surface area contributed by atoms with E-state index in [0.717, 1.165) is 13.1 Å². The van der Waals surface area contributed by atoms with Crippen LogP contribution in [0.4, 0.5) is 4.79 Å². The molecule has 0 aliphatic carbocycles. The van der Waals surface area contributed by atoms with Crippen LogP contribution in [0, 0.1) is 5.92 Å². The van der Waals surface area contributed by atoms with Gasteiger partial charge in [0.2, 0.25) is 0 Å². The Kier molecular flexibility index (Phi) is 3.30. The van der Waals surface area contributed by atoms with Gasteiger partial charge in [-0.25, -0.2) is 4.79 Å². The fourth-order valence-corrected chi connectivity index (χ4v) is 1.44. The van der Waals surface area contributed by atoms with Gasteiger partial charge in [0.1, 0.15) is 5.60 Å². The van der Waals surface area contributed by atoms with Crippen molar-refractivity contribution in [1.82, 2.24) is 4.90 Å². The molecule has 0 N–H and O–H groups in total. The van der Waals surface area contributed by atoms with Gasteiger partial charge in [0.15, 0.2) is 0 Å². The van der Waals surface area contributed by atoms with Crippen molar-refractivity contribution >= 4 is 17.7 Å². The number of carbonyl (C=O) groups excluding carboxylic acids is 1. The van der Waals surface area contributed by atoms with Crippen molar-refractivity contribution in [2.24, 2.45) is 5.92 Å². The first-order valence-electron chi connectivity index (χ1n) is 4.91. The number of amides is 1. The normalized spacial score (nSPS) is 20.2. The van der Waals surface area contributed by atoms with Gasteiger partial charge in [-0.3, -0.25) is 0 Å². The predicted octanol–water partition coefficient (Wildman–Crippen LogP) is 2.48. The number of likely N-dealkylation sites (tertiary alicyclic amines) is 1. The van der Waals surface area contributed by atoms with E-state index >= 15 is 0 Å². The van der Waals surface area contributed by atoms with Gasteiger partial charge in [-0.2, -0.15) is 0 Å². The van der Waals surface area contributed by atoms with E-state index in [4.69, 9.17) is 16.3 Å². The molecule has 0 saturated carbocycles. The summed E-state index contributed by atoms with van der Waals surface area (Å²) in [5.41, 5.74) is -0.408. The Morgan fingerprint density at radius 3 is 2.36 bits per heavy atom. The third-order valence-electron chi connectivity index (χ3n) is 2.21. The van der Waals surface area contributed by atoms with Crippen molar-refractivity contribution in [3.05, 3.63) is 0 Å². The van der Waals surface area contributed by atoms with E-state index in [1.165, 1.54) is 0 Å². The number of halogens is 1. The maximum atomic E-state index is 11.5. The number of hydrogen-bond acceptors (Lipinski definition) is 2. The van der Waals surface area contributed by atoms with Gasteiger partial charge >= 0.3 is 6.09 Å². The SMILES string of the molecule is C[C@@H](Cl)C1CN(C(=O)OC(C)(C)C)C1. The molecule has 82 valence electrons. The van der Waals surface area contributed by atoms with Gasteiger partial charge < -0.3 is 9.64 Å².